The zero-order chi connectivity index (χ0) is 10.7. The van der Waals surface area contributed by atoms with Crippen molar-refractivity contribution in [1.29, 1.82) is 0 Å². The fourth-order valence-corrected chi connectivity index (χ4v) is 1.24. The van der Waals surface area contributed by atoms with Gasteiger partial charge in [-0.05, 0) is 22.6 Å². The van der Waals surface area contributed by atoms with E-state index in [-0.39, 0.29) is 0 Å². The summed E-state index contributed by atoms with van der Waals surface area (Å²) < 4.78 is 6.64. The summed E-state index contributed by atoms with van der Waals surface area (Å²) in [5, 5.41) is 11.0. The number of anilines is 1. The minimum Gasteiger partial charge on any atom is -0.494 e. The van der Waals surface area contributed by atoms with Crippen molar-refractivity contribution >= 4 is 5.95 Å². The smallest absolute Gasteiger partial charge is 0.262 e. The molecule has 0 aliphatic rings. The monoisotopic (exact) mass is 206 g/mol. The van der Waals surface area contributed by atoms with Gasteiger partial charge in [-0.1, -0.05) is 17.2 Å². The van der Waals surface area contributed by atoms with Crippen molar-refractivity contribution in [2.45, 2.75) is 0 Å². The van der Waals surface area contributed by atoms with Crippen molar-refractivity contribution in [1.82, 2.24) is 20.2 Å². The Labute approximate surface area is 85.8 Å². The van der Waals surface area contributed by atoms with Gasteiger partial charge in [0.05, 0.1) is 7.11 Å². The van der Waals surface area contributed by atoms with Crippen molar-refractivity contribution in [3.63, 3.8) is 0 Å². The number of hydrogen-bond donors (Lipinski definition) is 2. The van der Waals surface area contributed by atoms with Gasteiger partial charge in [0.25, 0.3) is 5.95 Å². The largest absolute Gasteiger partial charge is 0.494 e. The molecule has 1 aromatic carbocycles. The predicted octanol–water partition coefficient (Wildman–Crippen LogP) is -0.0435. The van der Waals surface area contributed by atoms with Crippen LogP contribution >= 0.6 is 0 Å². The van der Waals surface area contributed by atoms with Crippen LogP contribution in [0.4, 0.5) is 5.95 Å². The van der Waals surface area contributed by atoms with Gasteiger partial charge < -0.3 is 4.74 Å². The average molecular weight is 206 g/mol. The summed E-state index contributed by atoms with van der Waals surface area (Å²) in [5.74, 6) is 6.28. The van der Waals surface area contributed by atoms with E-state index < -0.39 is 0 Å². The zero-order valence-electron chi connectivity index (χ0n) is 8.08. The Kier molecular flexibility index (Phi) is 2.46. The normalized spacial score (nSPS) is 10.0. The highest BCUT2D eigenvalue weighted by Crippen LogP contribution is 2.22. The van der Waals surface area contributed by atoms with E-state index in [9.17, 15) is 0 Å². The molecule has 0 bridgehead atoms. The SMILES string of the molecule is COc1ccccc1-n1nnnc1NN. The molecule has 7 heteroatoms. The van der Waals surface area contributed by atoms with E-state index in [0.717, 1.165) is 5.69 Å². The molecule has 0 saturated carbocycles. The van der Waals surface area contributed by atoms with Crippen LogP contribution in [-0.2, 0) is 0 Å². The molecule has 1 aromatic heterocycles. The van der Waals surface area contributed by atoms with E-state index in [1.807, 2.05) is 24.3 Å². The van der Waals surface area contributed by atoms with E-state index in [1.165, 1.54) is 4.68 Å². The van der Waals surface area contributed by atoms with E-state index in [0.29, 0.717) is 11.7 Å². The fraction of sp³-hybridized carbons (Fsp3) is 0.125. The molecule has 15 heavy (non-hydrogen) atoms. The van der Waals surface area contributed by atoms with Crippen molar-refractivity contribution in [2.24, 2.45) is 5.84 Å². The lowest BCUT2D eigenvalue weighted by Gasteiger charge is -2.08. The highest BCUT2D eigenvalue weighted by molar-refractivity contribution is 5.49. The number of para-hydroxylation sites is 2. The molecular formula is C8H10N6O. The summed E-state index contributed by atoms with van der Waals surface area (Å²) in [5.41, 5.74) is 3.12. The number of nitrogens with zero attached hydrogens (tertiary/aromatic N) is 4. The van der Waals surface area contributed by atoms with Crippen LogP contribution < -0.4 is 16.0 Å². The Bertz CT molecular complexity index is 454. The maximum atomic E-state index is 5.27. The number of hydrogen-bond acceptors (Lipinski definition) is 6. The van der Waals surface area contributed by atoms with Crippen LogP contribution in [0.25, 0.3) is 5.69 Å². The summed E-state index contributed by atoms with van der Waals surface area (Å²) >= 11 is 0. The van der Waals surface area contributed by atoms with Crippen molar-refractivity contribution in [2.75, 3.05) is 12.5 Å². The average Bonchev–Trinajstić information content (AvgIpc) is 2.76. The van der Waals surface area contributed by atoms with Crippen LogP contribution in [0.3, 0.4) is 0 Å². The van der Waals surface area contributed by atoms with Gasteiger partial charge in [0, 0.05) is 0 Å². The van der Waals surface area contributed by atoms with Crippen LogP contribution in [0.2, 0.25) is 0 Å². The van der Waals surface area contributed by atoms with Crippen LogP contribution in [0.1, 0.15) is 0 Å². The van der Waals surface area contributed by atoms with Crippen LogP contribution in [0, 0.1) is 0 Å². The third-order valence-corrected chi connectivity index (χ3v) is 1.91. The number of tetrazole rings is 1. The van der Waals surface area contributed by atoms with Crippen molar-refractivity contribution in [3.8, 4) is 11.4 Å². The number of methoxy groups -OCH3 is 1. The Hall–Kier alpha value is -2.15. The standard InChI is InChI=1S/C8H10N6O/c1-15-7-5-3-2-4-6(7)14-8(10-9)11-12-13-14/h2-5H,9H2,1H3,(H,10,11,13). The van der Waals surface area contributed by atoms with Gasteiger partial charge in [0.1, 0.15) is 11.4 Å². The molecule has 0 aliphatic carbocycles. The number of hydrazine groups is 1. The first-order valence-electron chi connectivity index (χ1n) is 4.25. The number of nitrogens with two attached hydrogens (primary N) is 1. The first-order valence-corrected chi connectivity index (χ1v) is 4.25. The molecule has 3 N–H and O–H groups in total. The molecule has 0 fully saturated rings. The second-order valence-electron chi connectivity index (χ2n) is 2.73. The predicted molar refractivity (Wildman–Crippen MR) is 53.5 cm³/mol. The number of aromatic nitrogens is 4. The third-order valence-electron chi connectivity index (χ3n) is 1.91. The summed E-state index contributed by atoms with van der Waals surface area (Å²) in [7, 11) is 1.58. The van der Waals surface area contributed by atoms with Crippen LogP contribution in [-0.4, -0.2) is 27.3 Å². The summed E-state index contributed by atoms with van der Waals surface area (Å²) in [4.78, 5) is 0. The molecule has 0 amide bonds. The minimum absolute atomic E-state index is 0.347. The second-order valence-corrected chi connectivity index (χ2v) is 2.73. The number of ether oxygens (including phenoxy) is 1. The fourth-order valence-electron chi connectivity index (χ4n) is 1.24. The Morgan fingerprint density at radius 2 is 2.20 bits per heavy atom. The maximum Gasteiger partial charge on any atom is 0.262 e. The third kappa shape index (κ3) is 1.59. The van der Waals surface area contributed by atoms with E-state index in [2.05, 4.69) is 21.0 Å². The Morgan fingerprint density at radius 1 is 1.40 bits per heavy atom. The number of nitrogen functional groups attached to an aromatic ring is 1. The molecule has 0 spiro atoms. The Morgan fingerprint density at radius 3 is 2.93 bits per heavy atom. The zero-order valence-corrected chi connectivity index (χ0v) is 8.08. The number of nitrogens with one attached hydrogen (secondary N) is 1. The van der Waals surface area contributed by atoms with Gasteiger partial charge in [-0.25, -0.2) is 5.84 Å². The summed E-state index contributed by atoms with van der Waals surface area (Å²) in [6, 6.07) is 7.37. The molecule has 0 saturated heterocycles. The molecule has 0 unspecified atom stereocenters. The number of rotatable bonds is 3. The number of benzene rings is 1. The molecule has 0 aliphatic heterocycles. The highest BCUT2D eigenvalue weighted by Gasteiger charge is 2.10. The van der Waals surface area contributed by atoms with Gasteiger partial charge in [0.15, 0.2) is 0 Å². The molecule has 7 nitrogen and oxygen atoms in total. The second kappa shape index (κ2) is 3.93. The molecule has 2 aromatic rings. The lowest BCUT2D eigenvalue weighted by Crippen LogP contribution is -2.13. The lowest BCUT2D eigenvalue weighted by molar-refractivity contribution is 0.411. The van der Waals surface area contributed by atoms with E-state index in [4.69, 9.17) is 10.6 Å². The van der Waals surface area contributed by atoms with Gasteiger partial charge >= 0.3 is 0 Å². The first kappa shape index (κ1) is 9.41. The topological polar surface area (TPSA) is 90.9 Å². The summed E-state index contributed by atoms with van der Waals surface area (Å²) in [6.45, 7) is 0. The lowest BCUT2D eigenvalue weighted by atomic mass is 10.3. The summed E-state index contributed by atoms with van der Waals surface area (Å²) in [6.07, 6.45) is 0. The minimum atomic E-state index is 0.347. The van der Waals surface area contributed by atoms with Gasteiger partial charge in [-0.3, -0.25) is 5.43 Å². The Balaban J connectivity index is 2.53. The quantitative estimate of drug-likeness (QED) is 0.540. The van der Waals surface area contributed by atoms with Crippen LogP contribution in [0.5, 0.6) is 5.75 Å². The van der Waals surface area contributed by atoms with E-state index in [1.54, 1.807) is 7.11 Å². The van der Waals surface area contributed by atoms with Gasteiger partial charge in [-0.15, -0.1) is 0 Å². The van der Waals surface area contributed by atoms with Crippen molar-refractivity contribution < 1.29 is 4.74 Å². The van der Waals surface area contributed by atoms with Gasteiger partial charge in [-0.2, -0.15) is 4.68 Å². The van der Waals surface area contributed by atoms with Crippen LogP contribution in [0.15, 0.2) is 24.3 Å². The molecule has 0 atom stereocenters. The molecular weight excluding hydrogens is 196 g/mol. The highest BCUT2D eigenvalue weighted by atomic mass is 16.5. The van der Waals surface area contributed by atoms with Gasteiger partial charge in [0.2, 0.25) is 0 Å². The molecule has 1 heterocycles. The maximum absolute atomic E-state index is 5.27. The van der Waals surface area contributed by atoms with E-state index >= 15 is 0 Å². The first-order chi connectivity index (χ1) is 7.36. The van der Waals surface area contributed by atoms with Crippen molar-refractivity contribution in [3.05, 3.63) is 24.3 Å². The molecule has 78 valence electrons. The molecule has 0 radical (unpaired) electrons. The molecule has 2 rings (SSSR count).